The Balaban J connectivity index is 1.49. The lowest BCUT2D eigenvalue weighted by Crippen LogP contribution is -2.13. The van der Waals surface area contributed by atoms with Crippen molar-refractivity contribution in [1.82, 2.24) is 9.78 Å². The monoisotopic (exact) mass is 445 g/mol. The Morgan fingerprint density at radius 2 is 1.35 bits per heavy atom. The van der Waals surface area contributed by atoms with Gasteiger partial charge in [0.2, 0.25) is 0 Å². The maximum absolute atomic E-state index is 12.8. The van der Waals surface area contributed by atoms with Crippen molar-refractivity contribution in [3.8, 4) is 16.9 Å². The number of carbonyl (C=O) groups excluding carboxylic acids is 1. The standard InChI is InChI=1S/C28H23N5O/c29-22-17-15-21(16-18-22)28(34)31-25-14-8-7-13-24(25)30-27-19-26(20-9-3-1-4-10-20)32-33(27)23-11-5-2-6-12-23/h1-19,30H,29H2,(H,31,34). The number of anilines is 4. The molecule has 5 aromatic rings. The van der Waals surface area contributed by atoms with E-state index in [1.54, 1.807) is 24.3 Å². The van der Waals surface area contributed by atoms with Crippen LogP contribution < -0.4 is 16.4 Å². The number of nitrogens with two attached hydrogens (primary N) is 1. The van der Waals surface area contributed by atoms with E-state index in [1.165, 1.54) is 0 Å². The summed E-state index contributed by atoms with van der Waals surface area (Å²) in [4.78, 5) is 12.8. The van der Waals surface area contributed by atoms with Crippen molar-refractivity contribution in [1.29, 1.82) is 0 Å². The van der Waals surface area contributed by atoms with Crippen molar-refractivity contribution >= 4 is 28.8 Å². The molecule has 0 saturated carbocycles. The van der Waals surface area contributed by atoms with Gasteiger partial charge in [0.15, 0.2) is 0 Å². The summed E-state index contributed by atoms with van der Waals surface area (Å²) >= 11 is 0. The highest BCUT2D eigenvalue weighted by Crippen LogP contribution is 2.30. The second-order valence-corrected chi connectivity index (χ2v) is 7.77. The van der Waals surface area contributed by atoms with E-state index >= 15 is 0 Å². The Morgan fingerprint density at radius 1 is 0.735 bits per heavy atom. The molecule has 0 aliphatic heterocycles. The molecule has 0 radical (unpaired) electrons. The first kappa shape index (κ1) is 21.0. The Bertz CT molecular complexity index is 1410. The van der Waals surface area contributed by atoms with Crippen LogP contribution >= 0.6 is 0 Å². The minimum absolute atomic E-state index is 0.212. The summed E-state index contributed by atoms with van der Waals surface area (Å²) in [6.07, 6.45) is 0. The number of nitrogens with zero attached hydrogens (tertiary/aromatic N) is 2. The van der Waals surface area contributed by atoms with Crippen LogP contribution in [0.1, 0.15) is 10.4 Å². The zero-order chi connectivity index (χ0) is 23.3. The summed E-state index contributed by atoms with van der Waals surface area (Å²) in [5, 5.41) is 11.3. The lowest BCUT2D eigenvalue weighted by molar-refractivity contribution is 0.102. The van der Waals surface area contributed by atoms with Crippen LogP contribution in [-0.4, -0.2) is 15.7 Å². The van der Waals surface area contributed by atoms with Gasteiger partial charge in [-0.3, -0.25) is 4.79 Å². The first-order valence-corrected chi connectivity index (χ1v) is 10.9. The molecular weight excluding hydrogens is 422 g/mol. The molecule has 0 bridgehead atoms. The molecule has 4 N–H and O–H groups in total. The van der Waals surface area contributed by atoms with E-state index in [0.29, 0.717) is 16.9 Å². The fourth-order valence-electron chi connectivity index (χ4n) is 3.65. The first-order chi connectivity index (χ1) is 16.7. The number of carbonyl (C=O) groups is 1. The van der Waals surface area contributed by atoms with E-state index in [0.717, 1.165) is 28.5 Å². The molecule has 0 spiro atoms. The highest BCUT2D eigenvalue weighted by molar-refractivity contribution is 6.06. The van der Waals surface area contributed by atoms with E-state index in [-0.39, 0.29) is 5.91 Å². The SMILES string of the molecule is Nc1ccc(C(=O)Nc2ccccc2Nc2cc(-c3ccccc3)nn2-c2ccccc2)cc1. The van der Waals surface area contributed by atoms with Gasteiger partial charge in [0, 0.05) is 22.9 Å². The predicted molar refractivity (Wildman–Crippen MR) is 138 cm³/mol. The van der Waals surface area contributed by atoms with Gasteiger partial charge < -0.3 is 16.4 Å². The van der Waals surface area contributed by atoms with Crippen LogP contribution in [0, 0.1) is 0 Å². The van der Waals surface area contributed by atoms with Crippen molar-refractivity contribution in [3.63, 3.8) is 0 Å². The van der Waals surface area contributed by atoms with Crippen LogP contribution in [0.2, 0.25) is 0 Å². The molecule has 0 aliphatic carbocycles. The molecule has 1 aromatic heterocycles. The predicted octanol–water partition coefficient (Wildman–Crippen LogP) is 6.12. The lowest BCUT2D eigenvalue weighted by Gasteiger charge is -2.14. The molecule has 0 saturated heterocycles. The lowest BCUT2D eigenvalue weighted by atomic mass is 10.1. The summed E-state index contributed by atoms with van der Waals surface area (Å²) in [5.41, 5.74) is 11.1. The van der Waals surface area contributed by atoms with E-state index in [1.807, 2.05) is 95.7 Å². The number of nitrogens with one attached hydrogen (secondary N) is 2. The molecule has 6 nitrogen and oxygen atoms in total. The van der Waals surface area contributed by atoms with Gasteiger partial charge in [0.05, 0.1) is 22.8 Å². The fourth-order valence-corrected chi connectivity index (χ4v) is 3.65. The number of hydrogen-bond acceptors (Lipinski definition) is 4. The van der Waals surface area contributed by atoms with Gasteiger partial charge in [-0.1, -0.05) is 60.7 Å². The Labute approximate surface area is 197 Å². The maximum atomic E-state index is 12.8. The van der Waals surface area contributed by atoms with Crippen molar-refractivity contribution in [2.24, 2.45) is 0 Å². The maximum Gasteiger partial charge on any atom is 0.255 e. The van der Waals surface area contributed by atoms with Gasteiger partial charge in [0.1, 0.15) is 5.82 Å². The molecule has 0 atom stereocenters. The average Bonchev–Trinajstić information content (AvgIpc) is 3.30. The van der Waals surface area contributed by atoms with Crippen molar-refractivity contribution in [2.45, 2.75) is 0 Å². The van der Waals surface area contributed by atoms with E-state index in [2.05, 4.69) is 10.6 Å². The number of para-hydroxylation sites is 3. The van der Waals surface area contributed by atoms with E-state index in [9.17, 15) is 4.79 Å². The fraction of sp³-hybridized carbons (Fsp3) is 0. The Hall–Kier alpha value is -4.84. The largest absolute Gasteiger partial charge is 0.399 e. The number of aromatic nitrogens is 2. The highest BCUT2D eigenvalue weighted by Gasteiger charge is 2.14. The molecule has 4 aromatic carbocycles. The van der Waals surface area contributed by atoms with Crippen molar-refractivity contribution in [2.75, 3.05) is 16.4 Å². The summed E-state index contributed by atoms with van der Waals surface area (Å²) in [6, 6.07) is 36.4. The zero-order valence-electron chi connectivity index (χ0n) is 18.3. The van der Waals surface area contributed by atoms with E-state index in [4.69, 9.17) is 10.8 Å². The molecule has 166 valence electrons. The topological polar surface area (TPSA) is 85.0 Å². The summed E-state index contributed by atoms with van der Waals surface area (Å²) < 4.78 is 1.86. The molecule has 0 unspecified atom stereocenters. The van der Waals surface area contributed by atoms with Gasteiger partial charge >= 0.3 is 0 Å². The van der Waals surface area contributed by atoms with Crippen LogP contribution in [0.5, 0.6) is 0 Å². The summed E-state index contributed by atoms with van der Waals surface area (Å²) in [5.74, 6) is 0.565. The third-order valence-electron chi connectivity index (χ3n) is 5.39. The molecule has 0 fully saturated rings. The van der Waals surface area contributed by atoms with Gasteiger partial charge in [-0.25, -0.2) is 4.68 Å². The molecule has 1 amide bonds. The van der Waals surface area contributed by atoms with Crippen LogP contribution in [-0.2, 0) is 0 Å². The molecule has 34 heavy (non-hydrogen) atoms. The third kappa shape index (κ3) is 4.52. The number of benzene rings is 4. The molecule has 1 heterocycles. The highest BCUT2D eigenvalue weighted by atomic mass is 16.1. The van der Waals surface area contributed by atoms with Gasteiger partial charge in [-0.05, 0) is 48.5 Å². The summed E-state index contributed by atoms with van der Waals surface area (Å²) in [6.45, 7) is 0. The van der Waals surface area contributed by atoms with Crippen LogP contribution in [0.15, 0.2) is 115 Å². The number of rotatable bonds is 6. The van der Waals surface area contributed by atoms with Crippen LogP contribution in [0.3, 0.4) is 0 Å². The Kier molecular flexibility index (Phi) is 5.78. The Morgan fingerprint density at radius 3 is 2.06 bits per heavy atom. The van der Waals surface area contributed by atoms with Gasteiger partial charge in [-0.2, -0.15) is 5.10 Å². The smallest absolute Gasteiger partial charge is 0.255 e. The second kappa shape index (κ2) is 9.34. The van der Waals surface area contributed by atoms with E-state index < -0.39 is 0 Å². The summed E-state index contributed by atoms with van der Waals surface area (Å²) in [7, 11) is 0. The van der Waals surface area contributed by atoms with Gasteiger partial charge in [-0.15, -0.1) is 0 Å². The van der Waals surface area contributed by atoms with Gasteiger partial charge in [0.25, 0.3) is 5.91 Å². The number of amides is 1. The molecule has 0 aliphatic rings. The molecule has 5 rings (SSSR count). The van der Waals surface area contributed by atoms with Crippen molar-refractivity contribution < 1.29 is 4.79 Å². The third-order valence-corrected chi connectivity index (χ3v) is 5.39. The first-order valence-electron chi connectivity index (χ1n) is 10.9. The molecule has 6 heteroatoms. The normalized spacial score (nSPS) is 10.6. The van der Waals surface area contributed by atoms with Crippen LogP contribution in [0.4, 0.5) is 22.9 Å². The number of nitrogen functional groups attached to an aromatic ring is 1. The molecular formula is C28H23N5O. The second-order valence-electron chi connectivity index (χ2n) is 7.77. The van der Waals surface area contributed by atoms with Crippen molar-refractivity contribution in [3.05, 3.63) is 121 Å². The minimum Gasteiger partial charge on any atom is -0.399 e. The zero-order valence-corrected chi connectivity index (χ0v) is 18.3. The quantitative estimate of drug-likeness (QED) is 0.275. The van der Waals surface area contributed by atoms with Crippen LogP contribution in [0.25, 0.3) is 16.9 Å². The minimum atomic E-state index is -0.212. The number of hydrogen-bond donors (Lipinski definition) is 3. The average molecular weight is 446 g/mol.